The molecule has 2 amide bonds. The fourth-order valence-electron chi connectivity index (χ4n) is 2.84. The summed E-state index contributed by atoms with van der Waals surface area (Å²) in [6, 6.07) is 6.60. The molecule has 1 fully saturated rings. The van der Waals surface area contributed by atoms with Gasteiger partial charge in [-0.2, -0.15) is 18.3 Å². The Morgan fingerprint density at radius 1 is 1.22 bits per heavy atom. The van der Waals surface area contributed by atoms with Crippen molar-refractivity contribution in [2.75, 3.05) is 23.7 Å². The SMILES string of the molecule is O=C(Nc1ccc(Cl)c(C(F)(F)F)c1)N1CCC(Nc2cccnn2)CC1. The van der Waals surface area contributed by atoms with Crippen molar-refractivity contribution in [3.05, 3.63) is 47.1 Å². The van der Waals surface area contributed by atoms with E-state index in [4.69, 9.17) is 11.6 Å². The number of carbonyl (C=O) groups excluding carboxylic acids is 1. The van der Waals surface area contributed by atoms with E-state index in [2.05, 4.69) is 20.8 Å². The molecule has 0 radical (unpaired) electrons. The van der Waals surface area contributed by atoms with Gasteiger partial charge >= 0.3 is 12.2 Å². The van der Waals surface area contributed by atoms with Gasteiger partial charge in [0, 0.05) is 31.0 Å². The monoisotopic (exact) mass is 399 g/mol. The summed E-state index contributed by atoms with van der Waals surface area (Å²) in [5, 5.41) is 13.1. The van der Waals surface area contributed by atoms with E-state index in [0.29, 0.717) is 31.7 Å². The molecule has 2 N–H and O–H groups in total. The van der Waals surface area contributed by atoms with Crippen molar-refractivity contribution in [1.82, 2.24) is 15.1 Å². The molecule has 1 aromatic carbocycles. The molecule has 1 aliphatic heterocycles. The number of likely N-dealkylation sites (tertiary alicyclic amines) is 1. The summed E-state index contributed by atoms with van der Waals surface area (Å²) in [7, 11) is 0. The van der Waals surface area contributed by atoms with Gasteiger partial charge in [0.1, 0.15) is 5.82 Å². The van der Waals surface area contributed by atoms with Crippen molar-refractivity contribution >= 4 is 29.1 Å². The number of piperidine rings is 1. The number of amides is 2. The first kappa shape index (κ1) is 19.2. The highest BCUT2D eigenvalue weighted by Gasteiger charge is 2.33. The maximum Gasteiger partial charge on any atom is 0.417 e. The number of benzene rings is 1. The lowest BCUT2D eigenvalue weighted by molar-refractivity contribution is -0.137. The first-order chi connectivity index (χ1) is 12.8. The second-order valence-corrected chi connectivity index (χ2v) is 6.54. The Labute approximate surface area is 158 Å². The van der Waals surface area contributed by atoms with Gasteiger partial charge in [-0.3, -0.25) is 0 Å². The molecular formula is C17H17ClF3N5O. The van der Waals surface area contributed by atoms with Crippen LogP contribution in [0.3, 0.4) is 0 Å². The van der Waals surface area contributed by atoms with Gasteiger partial charge in [0.05, 0.1) is 10.6 Å². The molecule has 1 aromatic heterocycles. The zero-order valence-electron chi connectivity index (χ0n) is 14.1. The minimum Gasteiger partial charge on any atom is -0.366 e. The number of nitrogens with zero attached hydrogens (tertiary/aromatic N) is 3. The zero-order valence-corrected chi connectivity index (χ0v) is 14.9. The van der Waals surface area contributed by atoms with E-state index in [-0.39, 0.29) is 11.7 Å². The topological polar surface area (TPSA) is 70.2 Å². The number of anilines is 2. The fraction of sp³-hybridized carbons (Fsp3) is 0.353. The molecule has 0 unspecified atom stereocenters. The first-order valence-electron chi connectivity index (χ1n) is 8.30. The van der Waals surface area contributed by atoms with Gasteiger partial charge in [-0.15, -0.1) is 5.10 Å². The number of aromatic nitrogens is 2. The third-order valence-corrected chi connectivity index (χ3v) is 4.56. The summed E-state index contributed by atoms with van der Waals surface area (Å²) in [4.78, 5) is 13.9. The average Bonchev–Trinajstić information content (AvgIpc) is 2.64. The second-order valence-electron chi connectivity index (χ2n) is 6.14. The molecule has 3 rings (SSSR count). The van der Waals surface area contributed by atoms with Crippen molar-refractivity contribution in [3.8, 4) is 0 Å². The van der Waals surface area contributed by atoms with E-state index < -0.39 is 22.8 Å². The Morgan fingerprint density at radius 3 is 2.59 bits per heavy atom. The minimum atomic E-state index is -4.58. The molecule has 0 spiro atoms. The molecule has 0 aliphatic carbocycles. The largest absolute Gasteiger partial charge is 0.417 e. The van der Waals surface area contributed by atoms with Crippen LogP contribution in [0.5, 0.6) is 0 Å². The Morgan fingerprint density at radius 2 is 1.96 bits per heavy atom. The third-order valence-electron chi connectivity index (χ3n) is 4.23. The Hall–Kier alpha value is -2.55. The Kier molecular flexibility index (Phi) is 5.69. The number of carbonyl (C=O) groups is 1. The quantitative estimate of drug-likeness (QED) is 0.809. The van der Waals surface area contributed by atoms with E-state index in [1.807, 2.05) is 6.07 Å². The van der Waals surface area contributed by atoms with Crippen LogP contribution in [-0.2, 0) is 6.18 Å². The maximum absolute atomic E-state index is 12.9. The molecule has 2 aromatic rings. The number of hydrogen-bond donors (Lipinski definition) is 2. The third kappa shape index (κ3) is 5.00. The van der Waals surface area contributed by atoms with Crippen LogP contribution in [0.4, 0.5) is 29.5 Å². The number of halogens is 4. The van der Waals surface area contributed by atoms with Crippen molar-refractivity contribution in [1.29, 1.82) is 0 Å². The smallest absolute Gasteiger partial charge is 0.366 e. The molecule has 0 atom stereocenters. The van der Waals surface area contributed by atoms with E-state index in [0.717, 1.165) is 12.1 Å². The van der Waals surface area contributed by atoms with Crippen LogP contribution in [0.25, 0.3) is 0 Å². The Bertz CT molecular complexity index is 795. The molecule has 10 heteroatoms. The molecule has 2 heterocycles. The van der Waals surface area contributed by atoms with Crippen LogP contribution in [0.15, 0.2) is 36.5 Å². The number of urea groups is 1. The molecule has 1 aliphatic rings. The highest BCUT2D eigenvalue weighted by Crippen LogP contribution is 2.36. The van der Waals surface area contributed by atoms with Crippen LogP contribution < -0.4 is 10.6 Å². The van der Waals surface area contributed by atoms with E-state index in [1.165, 1.54) is 6.07 Å². The van der Waals surface area contributed by atoms with E-state index >= 15 is 0 Å². The lowest BCUT2D eigenvalue weighted by Crippen LogP contribution is -2.44. The highest BCUT2D eigenvalue weighted by molar-refractivity contribution is 6.31. The molecule has 0 bridgehead atoms. The molecular weight excluding hydrogens is 383 g/mol. The van der Waals surface area contributed by atoms with Gasteiger partial charge in [0.25, 0.3) is 0 Å². The summed E-state index contributed by atoms with van der Waals surface area (Å²) in [6.45, 7) is 0.951. The summed E-state index contributed by atoms with van der Waals surface area (Å²) in [5.74, 6) is 0.668. The van der Waals surface area contributed by atoms with Gasteiger partial charge in [0.15, 0.2) is 0 Å². The lowest BCUT2D eigenvalue weighted by atomic mass is 10.1. The van der Waals surface area contributed by atoms with Crippen LogP contribution in [0.1, 0.15) is 18.4 Å². The molecule has 0 saturated carbocycles. The first-order valence-corrected chi connectivity index (χ1v) is 8.67. The van der Waals surface area contributed by atoms with Crippen molar-refractivity contribution in [3.63, 3.8) is 0 Å². The summed E-state index contributed by atoms with van der Waals surface area (Å²) < 4.78 is 38.8. The molecule has 27 heavy (non-hydrogen) atoms. The molecule has 1 saturated heterocycles. The van der Waals surface area contributed by atoms with Crippen molar-refractivity contribution in [2.24, 2.45) is 0 Å². The average molecular weight is 400 g/mol. The zero-order chi connectivity index (χ0) is 19.4. The van der Waals surface area contributed by atoms with Crippen LogP contribution in [0.2, 0.25) is 5.02 Å². The standard InChI is InChI=1S/C17H17ClF3N5O/c18-14-4-3-12(10-13(14)17(19,20)21)24-16(27)26-8-5-11(6-9-26)23-15-2-1-7-22-25-15/h1-4,7,10-11H,5-6,8-9H2,(H,23,25)(H,24,27). The van der Waals surface area contributed by atoms with Crippen LogP contribution >= 0.6 is 11.6 Å². The summed E-state index contributed by atoms with van der Waals surface area (Å²) in [6.07, 6.45) is -1.61. The Balaban J connectivity index is 1.55. The highest BCUT2D eigenvalue weighted by atomic mass is 35.5. The molecule has 6 nitrogen and oxygen atoms in total. The van der Waals surface area contributed by atoms with Crippen LogP contribution in [-0.4, -0.2) is 40.3 Å². The van der Waals surface area contributed by atoms with Gasteiger partial charge in [0.2, 0.25) is 0 Å². The van der Waals surface area contributed by atoms with Gasteiger partial charge in [-0.25, -0.2) is 4.79 Å². The van der Waals surface area contributed by atoms with E-state index in [1.54, 1.807) is 17.2 Å². The normalized spacial score (nSPS) is 15.5. The number of alkyl halides is 3. The number of nitrogens with one attached hydrogen (secondary N) is 2. The van der Waals surface area contributed by atoms with E-state index in [9.17, 15) is 18.0 Å². The summed E-state index contributed by atoms with van der Waals surface area (Å²) >= 11 is 5.59. The van der Waals surface area contributed by atoms with Gasteiger partial charge in [-0.05, 0) is 43.2 Å². The number of hydrogen-bond acceptors (Lipinski definition) is 4. The van der Waals surface area contributed by atoms with Crippen molar-refractivity contribution < 1.29 is 18.0 Å². The van der Waals surface area contributed by atoms with Gasteiger partial charge in [-0.1, -0.05) is 11.6 Å². The lowest BCUT2D eigenvalue weighted by Gasteiger charge is -2.32. The second kappa shape index (κ2) is 7.99. The minimum absolute atomic E-state index is 0.0523. The fourth-order valence-corrected chi connectivity index (χ4v) is 3.06. The molecule has 144 valence electrons. The van der Waals surface area contributed by atoms with Crippen LogP contribution in [0, 0.1) is 0 Å². The van der Waals surface area contributed by atoms with Crippen molar-refractivity contribution in [2.45, 2.75) is 25.1 Å². The predicted octanol–water partition coefficient (Wildman–Crippen LogP) is 4.26. The van der Waals surface area contributed by atoms with Gasteiger partial charge < -0.3 is 15.5 Å². The summed E-state index contributed by atoms with van der Waals surface area (Å²) in [5.41, 5.74) is -0.926. The maximum atomic E-state index is 12.9. The predicted molar refractivity (Wildman–Crippen MR) is 95.7 cm³/mol. The number of rotatable bonds is 3.